The predicted octanol–water partition coefficient (Wildman–Crippen LogP) is 13.8. The molecule has 10 aromatic rings. The fourth-order valence-electron chi connectivity index (χ4n) is 7.52. The van der Waals surface area contributed by atoms with Gasteiger partial charge in [-0.25, -0.2) is 0 Å². The summed E-state index contributed by atoms with van der Waals surface area (Å²) in [7, 11) is 0. The third-order valence-electron chi connectivity index (χ3n) is 10.00. The maximum absolute atomic E-state index is 6.49. The van der Waals surface area contributed by atoms with Crippen LogP contribution in [-0.4, -0.2) is 0 Å². The van der Waals surface area contributed by atoms with Crippen molar-refractivity contribution in [1.29, 1.82) is 0 Å². The molecule has 2 heteroatoms. The van der Waals surface area contributed by atoms with Crippen LogP contribution in [0.4, 0.5) is 17.1 Å². The molecule has 0 fully saturated rings. The lowest BCUT2D eigenvalue weighted by Gasteiger charge is -2.28. The Morgan fingerprint density at radius 3 is 1.84 bits per heavy atom. The van der Waals surface area contributed by atoms with E-state index in [1.807, 2.05) is 0 Å². The van der Waals surface area contributed by atoms with Crippen molar-refractivity contribution in [2.45, 2.75) is 0 Å². The molecular weight excluding hydrogens is 607 g/mol. The Hall–Kier alpha value is -6.64. The Balaban J connectivity index is 1.17. The number of anilines is 3. The number of fused-ring (bicyclic) bond motifs is 7. The van der Waals surface area contributed by atoms with Crippen LogP contribution in [0.15, 0.2) is 192 Å². The second kappa shape index (κ2) is 11.5. The van der Waals surface area contributed by atoms with Gasteiger partial charge < -0.3 is 9.32 Å². The van der Waals surface area contributed by atoms with Crippen molar-refractivity contribution in [3.8, 4) is 22.3 Å². The van der Waals surface area contributed by atoms with Gasteiger partial charge in [0, 0.05) is 33.1 Å². The molecule has 234 valence electrons. The number of nitrogens with zero attached hydrogens (tertiary/aromatic N) is 1. The van der Waals surface area contributed by atoms with E-state index < -0.39 is 0 Å². The number of rotatable bonds is 5. The highest BCUT2D eigenvalue weighted by atomic mass is 16.3. The van der Waals surface area contributed by atoms with E-state index in [0.717, 1.165) is 55.5 Å². The lowest BCUT2D eigenvalue weighted by Crippen LogP contribution is -2.11. The predicted molar refractivity (Wildman–Crippen MR) is 212 cm³/mol. The molecule has 0 atom stereocenters. The lowest BCUT2D eigenvalue weighted by molar-refractivity contribution is 0.672. The molecule has 0 spiro atoms. The second-order valence-electron chi connectivity index (χ2n) is 13.0. The maximum Gasteiger partial charge on any atom is 0.143 e. The molecule has 1 aromatic heterocycles. The lowest BCUT2D eigenvalue weighted by atomic mass is 9.98. The average Bonchev–Trinajstić information content (AvgIpc) is 3.57. The summed E-state index contributed by atoms with van der Waals surface area (Å²) in [5.74, 6) is 0. The molecule has 0 N–H and O–H groups in total. The summed E-state index contributed by atoms with van der Waals surface area (Å²) in [6.07, 6.45) is 0. The van der Waals surface area contributed by atoms with Crippen molar-refractivity contribution >= 4 is 71.3 Å². The van der Waals surface area contributed by atoms with Crippen LogP contribution in [0, 0.1) is 0 Å². The molecule has 0 aliphatic carbocycles. The molecule has 9 aromatic carbocycles. The van der Waals surface area contributed by atoms with E-state index >= 15 is 0 Å². The molecule has 0 aliphatic heterocycles. The molecule has 0 radical (unpaired) electrons. The van der Waals surface area contributed by atoms with Crippen LogP contribution in [-0.2, 0) is 0 Å². The zero-order valence-electron chi connectivity index (χ0n) is 27.3. The second-order valence-corrected chi connectivity index (χ2v) is 13.0. The van der Waals surface area contributed by atoms with Gasteiger partial charge in [-0.2, -0.15) is 0 Å². The Bertz CT molecular complexity index is 2900. The highest BCUT2D eigenvalue weighted by Gasteiger charge is 2.19. The van der Waals surface area contributed by atoms with Gasteiger partial charge in [-0.1, -0.05) is 133 Å². The average molecular weight is 638 g/mol. The van der Waals surface area contributed by atoms with Gasteiger partial charge in [-0.15, -0.1) is 0 Å². The fraction of sp³-hybridized carbons (Fsp3) is 0. The van der Waals surface area contributed by atoms with E-state index in [2.05, 4.69) is 193 Å². The number of benzene rings is 9. The third-order valence-corrected chi connectivity index (χ3v) is 10.00. The molecule has 0 aliphatic rings. The van der Waals surface area contributed by atoms with E-state index in [4.69, 9.17) is 4.42 Å². The van der Waals surface area contributed by atoms with Gasteiger partial charge in [-0.05, 0) is 98.2 Å². The van der Waals surface area contributed by atoms with E-state index in [1.54, 1.807) is 0 Å². The van der Waals surface area contributed by atoms with Gasteiger partial charge in [-0.3, -0.25) is 0 Å². The molecule has 10 rings (SSSR count). The number of para-hydroxylation sites is 1. The summed E-state index contributed by atoms with van der Waals surface area (Å²) in [5.41, 5.74) is 9.80. The van der Waals surface area contributed by atoms with Crippen LogP contribution >= 0.6 is 0 Å². The minimum atomic E-state index is 0.895. The van der Waals surface area contributed by atoms with Crippen molar-refractivity contribution in [3.05, 3.63) is 188 Å². The van der Waals surface area contributed by atoms with Crippen LogP contribution in [0.1, 0.15) is 0 Å². The highest BCUT2D eigenvalue weighted by molar-refractivity contribution is 6.15. The van der Waals surface area contributed by atoms with Crippen molar-refractivity contribution in [2.24, 2.45) is 0 Å². The zero-order chi connectivity index (χ0) is 33.0. The Morgan fingerprint density at radius 1 is 0.340 bits per heavy atom. The quantitative estimate of drug-likeness (QED) is 0.187. The molecule has 50 heavy (non-hydrogen) atoms. The topological polar surface area (TPSA) is 16.4 Å². The zero-order valence-corrected chi connectivity index (χ0v) is 27.3. The summed E-state index contributed by atoms with van der Waals surface area (Å²) in [5, 5.41) is 9.48. The van der Waals surface area contributed by atoms with Crippen LogP contribution in [0.3, 0.4) is 0 Å². The summed E-state index contributed by atoms with van der Waals surface area (Å²) in [6.45, 7) is 0. The van der Waals surface area contributed by atoms with Crippen LogP contribution in [0.2, 0.25) is 0 Å². The van der Waals surface area contributed by atoms with Crippen molar-refractivity contribution in [3.63, 3.8) is 0 Å². The Kier molecular flexibility index (Phi) is 6.53. The molecule has 0 unspecified atom stereocenters. The summed E-state index contributed by atoms with van der Waals surface area (Å²) < 4.78 is 6.49. The molecule has 2 nitrogen and oxygen atoms in total. The van der Waals surface area contributed by atoms with E-state index in [1.165, 1.54) is 38.1 Å². The fourth-order valence-corrected chi connectivity index (χ4v) is 7.52. The SMILES string of the molecule is c1cc(-c2ccc3ccccc3c2)cc(N(c2ccc3ccccc3c2)c2ccccc2-c2ccc3oc4c5ccccc5ccc4c3c2)c1. The minimum absolute atomic E-state index is 0.895. The standard InChI is InChI=1S/C48H31NO/c1-3-13-35-28-38(21-20-32(35)10-1)37-15-9-16-40(30-37)49(41-25-22-33-11-2-4-14-36(33)29-41)46-19-8-7-17-42(46)39-24-27-47-45(31-39)44-26-23-34-12-5-6-18-43(34)48(44)50-47/h1-31H. The van der Waals surface area contributed by atoms with E-state index in [9.17, 15) is 0 Å². The normalized spacial score (nSPS) is 11.6. The smallest absolute Gasteiger partial charge is 0.143 e. The van der Waals surface area contributed by atoms with E-state index in [-0.39, 0.29) is 0 Å². The largest absolute Gasteiger partial charge is 0.455 e. The molecular formula is C48H31NO. The molecule has 0 saturated heterocycles. The van der Waals surface area contributed by atoms with Crippen molar-refractivity contribution in [1.82, 2.24) is 0 Å². The Labute approximate surface area is 290 Å². The molecule has 1 heterocycles. The highest BCUT2D eigenvalue weighted by Crippen LogP contribution is 2.44. The summed E-state index contributed by atoms with van der Waals surface area (Å²) >= 11 is 0. The van der Waals surface area contributed by atoms with Crippen LogP contribution < -0.4 is 4.90 Å². The molecule has 0 amide bonds. The first-order valence-electron chi connectivity index (χ1n) is 17.1. The number of furan rings is 1. The van der Waals surface area contributed by atoms with Gasteiger partial charge in [0.2, 0.25) is 0 Å². The van der Waals surface area contributed by atoms with Crippen molar-refractivity contribution in [2.75, 3.05) is 4.90 Å². The maximum atomic E-state index is 6.49. The van der Waals surface area contributed by atoms with Gasteiger partial charge >= 0.3 is 0 Å². The van der Waals surface area contributed by atoms with Crippen LogP contribution in [0.5, 0.6) is 0 Å². The molecule has 0 saturated carbocycles. The van der Waals surface area contributed by atoms with Crippen LogP contribution in [0.25, 0.3) is 76.5 Å². The van der Waals surface area contributed by atoms with Gasteiger partial charge in [0.25, 0.3) is 0 Å². The first-order valence-corrected chi connectivity index (χ1v) is 17.1. The summed E-state index contributed by atoms with van der Waals surface area (Å²) in [4.78, 5) is 2.40. The minimum Gasteiger partial charge on any atom is -0.455 e. The third kappa shape index (κ3) is 4.73. The monoisotopic (exact) mass is 637 g/mol. The van der Waals surface area contributed by atoms with Gasteiger partial charge in [0.05, 0.1) is 5.69 Å². The number of hydrogen-bond acceptors (Lipinski definition) is 2. The molecule has 0 bridgehead atoms. The number of hydrogen-bond donors (Lipinski definition) is 0. The van der Waals surface area contributed by atoms with Gasteiger partial charge in [0.1, 0.15) is 11.2 Å². The van der Waals surface area contributed by atoms with E-state index in [0.29, 0.717) is 0 Å². The summed E-state index contributed by atoms with van der Waals surface area (Å²) in [6, 6.07) is 67.7. The first-order chi connectivity index (χ1) is 24.8. The van der Waals surface area contributed by atoms with Crippen molar-refractivity contribution < 1.29 is 4.42 Å². The van der Waals surface area contributed by atoms with Gasteiger partial charge in [0.15, 0.2) is 0 Å². The first kappa shape index (κ1) is 28.4. The Morgan fingerprint density at radius 2 is 0.980 bits per heavy atom.